The molecule has 0 spiro atoms. The van der Waals surface area contributed by atoms with E-state index in [1.807, 2.05) is 24.3 Å². The fourth-order valence-electron chi connectivity index (χ4n) is 8.79. The average molecular weight is 1070 g/mol. The molecule has 0 radical (unpaired) electrons. The Bertz CT molecular complexity index is 2780. The highest BCUT2D eigenvalue weighted by molar-refractivity contribution is 5.98. The lowest BCUT2D eigenvalue weighted by Gasteiger charge is -2.30. The molecule has 8 atom stereocenters. The van der Waals surface area contributed by atoms with Crippen LogP contribution in [0.5, 0.6) is 5.75 Å². The summed E-state index contributed by atoms with van der Waals surface area (Å²) >= 11 is 0. The van der Waals surface area contributed by atoms with Crippen molar-refractivity contribution in [2.75, 3.05) is 13.1 Å². The van der Waals surface area contributed by atoms with Crippen LogP contribution in [0, 0.1) is 11.8 Å². The zero-order valence-electron chi connectivity index (χ0n) is 43.4. The summed E-state index contributed by atoms with van der Waals surface area (Å²) in [7, 11) is 0. The van der Waals surface area contributed by atoms with E-state index in [0.717, 1.165) is 10.9 Å². The van der Waals surface area contributed by atoms with Gasteiger partial charge in [-0.3, -0.25) is 43.3 Å². The van der Waals surface area contributed by atoms with Crippen molar-refractivity contribution in [1.82, 2.24) is 41.8 Å². The maximum absolute atomic E-state index is 14.7. The van der Waals surface area contributed by atoms with E-state index in [1.165, 1.54) is 29.2 Å². The van der Waals surface area contributed by atoms with E-state index in [0.29, 0.717) is 28.8 Å². The minimum atomic E-state index is -1.51. The molecule has 5 rings (SSSR count). The first-order valence-electron chi connectivity index (χ1n) is 25.3. The monoisotopic (exact) mass is 1070 g/mol. The smallest absolute Gasteiger partial charge is 0.326 e. The molecule has 0 bridgehead atoms. The van der Waals surface area contributed by atoms with Crippen LogP contribution in [0.2, 0.25) is 0 Å². The number of para-hydroxylation sites is 1. The molecule has 0 fully saturated rings. The average Bonchev–Trinajstić information content (AvgIpc) is 3.67. The molecule has 3 aromatic carbocycles. The van der Waals surface area contributed by atoms with Gasteiger partial charge in [0.2, 0.25) is 41.4 Å². The van der Waals surface area contributed by atoms with Crippen LogP contribution in [-0.2, 0) is 69.0 Å². The topological polar surface area (TPSA) is 396 Å². The van der Waals surface area contributed by atoms with E-state index < -0.39 is 120 Å². The van der Waals surface area contributed by atoms with Crippen molar-refractivity contribution in [3.05, 3.63) is 101 Å². The third-order valence-electron chi connectivity index (χ3n) is 13.2. The fraction of sp³-hybridized carbons (Fsp3) is 0.434. The quantitative estimate of drug-likeness (QED) is 0.0209. The van der Waals surface area contributed by atoms with E-state index in [2.05, 4.69) is 41.9 Å². The number of guanidine groups is 1. The number of aromatic hydroxyl groups is 1. The number of fused-ring (bicyclic) bond motifs is 3. The van der Waals surface area contributed by atoms with Crippen LogP contribution in [0.25, 0.3) is 10.9 Å². The zero-order valence-corrected chi connectivity index (χ0v) is 43.4. The molecule has 1 aliphatic heterocycles. The Labute approximate surface area is 444 Å². The number of carbonyl (C=O) groups is 9. The Hall–Kier alpha value is -8.54. The molecular weight excluding hydrogens is 997 g/mol. The number of carbonyl (C=O) groups excluding carboxylic acids is 7. The molecule has 16 N–H and O–H groups in total. The van der Waals surface area contributed by atoms with Gasteiger partial charge in [0.15, 0.2) is 5.96 Å². The Kier molecular flexibility index (Phi) is 21.5. The fourth-order valence-corrected chi connectivity index (χ4v) is 8.79. The second kappa shape index (κ2) is 27.8. The highest BCUT2D eigenvalue weighted by atomic mass is 16.4. The summed E-state index contributed by atoms with van der Waals surface area (Å²) in [5, 5.41) is 46.0. The summed E-state index contributed by atoms with van der Waals surface area (Å²) in [6, 6.07) is 12.4. The van der Waals surface area contributed by atoms with Gasteiger partial charge in [0, 0.05) is 42.4 Å². The molecule has 0 saturated carbocycles. The molecule has 0 unspecified atom stereocenters. The SMILES string of the molecule is CC[C@H](C)[C@H](NC(=O)[C@H](Cc1ccc(O)cc1)NC(=O)[C@@H](NC(=O)[C@H](CCCN=C(N)N)NC(=O)[C@@H](N)CC(=O)O)C(C)C)C(=O)N[C@H]1Cc2c([nH]c3ccccc23)CN(CC(=O)N[C@@H](Cc2ccccc2)C(=O)O)C1=O. The Balaban J connectivity index is 1.39. The van der Waals surface area contributed by atoms with Crippen LogP contribution in [0.3, 0.4) is 0 Å². The number of aromatic amines is 1. The number of aromatic nitrogens is 1. The normalized spacial score (nSPS) is 15.9. The molecule has 0 aliphatic carbocycles. The first-order chi connectivity index (χ1) is 36.5. The molecule has 0 saturated heterocycles. The van der Waals surface area contributed by atoms with Gasteiger partial charge in [-0.2, -0.15) is 0 Å². The number of phenols is 1. The van der Waals surface area contributed by atoms with Crippen molar-refractivity contribution in [2.24, 2.45) is 34.0 Å². The minimum Gasteiger partial charge on any atom is -0.508 e. The van der Waals surface area contributed by atoms with Crippen LogP contribution in [0.4, 0.5) is 0 Å². The number of carboxylic acids is 2. The van der Waals surface area contributed by atoms with E-state index >= 15 is 0 Å². The van der Waals surface area contributed by atoms with E-state index in [1.54, 1.807) is 58.0 Å². The highest BCUT2D eigenvalue weighted by Crippen LogP contribution is 2.28. The van der Waals surface area contributed by atoms with E-state index in [9.17, 15) is 58.5 Å². The van der Waals surface area contributed by atoms with Crippen LogP contribution >= 0.6 is 0 Å². The van der Waals surface area contributed by atoms with Gasteiger partial charge in [0.25, 0.3) is 0 Å². The molecular formula is C53H70N12O12. The first kappa shape index (κ1) is 59.3. The molecule has 7 amide bonds. The molecule has 4 aromatic rings. The van der Waals surface area contributed by atoms with Crippen molar-refractivity contribution >= 4 is 70.2 Å². The van der Waals surface area contributed by atoms with Crippen molar-refractivity contribution in [3.8, 4) is 5.75 Å². The summed E-state index contributed by atoms with van der Waals surface area (Å²) < 4.78 is 0. The van der Waals surface area contributed by atoms with Gasteiger partial charge in [-0.15, -0.1) is 0 Å². The van der Waals surface area contributed by atoms with E-state index in [4.69, 9.17) is 17.2 Å². The third-order valence-corrected chi connectivity index (χ3v) is 13.2. The number of amides is 7. The number of hydrogen-bond acceptors (Lipinski definition) is 12. The molecule has 77 heavy (non-hydrogen) atoms. The number of aliphatic carboxylic acids is 2. The molecule has 1 aromatic heterocycles. The molecule has 24 heteroatoms. The maximum Gasteiger partial charge on any atom is 0.326 e. The van der Waals surface area contributed by atoms with Gasteiger partial charge in [0.1, 0.15) is 48.5 Å². The number of benzene rings is 3. The van der Waals surface area contributed by atoms with Crippen molar-refractivity contribution in [1.29, 1.82) is 0 Å². The number of carboxylic acid groups (broad SMARTS) is 2. The maximum atomic E-state index is 14.7. The number of hydrogen-bond donors (Lipinski definition) is 13. The Morgan fingerprint density at radius 2 is 1.35 bits per heavy atom. The van der Waals surface area contributed by atoms with Crippen LogP contribution < -0.4 is 49.1 Å². The minimum absolute atomic E-state index is 0.0164. The van der Waals surface area contributed by atoms with Crippen LogP contribution in [0.1, 0.15) is 75.8 Å². The van der Waals surface area contributed by atoms with Gasteiger partial charge in [0.05, 0.1) is 19.0 Å². The standard InChI is InChI=1S/C53H70N12O12/c1-5-29(4)45(50(74)62-39-24-34-33-14-9-10-15-36(33)58-41(34)26-65(51(39)75)27-42(67)59-40(52(76)77)23-30-12-7-6-8-13-30)64-48(72)38(22-31-17-19-32(66)20-18-31)61-49(73)44(28(2)3)63-47(71)37(16-11-21-57-53(55)56)60-46(70)35(54)25-43(68)69/h6-10,12-15,17-20,28-29,35,37-40,44-45,58,66H,5,11,16,21-27,54H2,1-4H3,(H,59,67)(H,60,70)(H,61,73)(H,62,74)(H,63,71)(H,64,72)(H,68,69)(H,76,77)(H4,55,56,57)/t29-,35-,37-,38-,39-,40-,44-,45-/m0/s1. The third kappa shape index (κ3) is 17.2. The largest absolute Gasteiger partial charge is 0.508 e. The first-order valence-corrected chi connectivity index (χ1v) is 25.3. The number of phenolic OH excluding ortho intramolecular Hbond substituents is 1. The molecule has 2 heterocycles. The summed E-state index contributed by atoms with van der Waals surface area (Å²) in [6.07, 6.45) is -0.480. The number of rotatable bonds is 27. The van der Waals surface area contributed by atoms with Crippen LogP contribution in [0.15, 0.2) is 83.9 Å². The summed E-state index contributed by atoms with van der Waals surface area (Å²) in [6.45, 7) is 6.16. The highest BCUT2D eigenvalue weighted by Gasteiger charge is 2.39. The lowest BCUT2D eigenvalue weighted by molar-refractivity contribution is -0.143. The van der Waals surface area contributed by atoms with Gasteiger partial charge < -0.3 is 74.3 Å². The van der Waals surface area contributed by atoms with E-state index in [-0.39, 0.29) is 56.9 Å². The number of aliphatic imine (C=N–C) groups is 1. The van der Waals surface area contributed by atoms with Gasteiger partial charge in [-0.1, -0.05) is 94.8 Å². The Morgan fingerprint density at radius 1 is 0.740 bits per heavy atom. The van der Waals surface area contributed by atoms with Crippen molar-refractivity contribution in [2.45, 2.75) is 121 Å². The van der Waals surface area contributed by atoms with Crippen molar-refractivity contribution < 1.29 is 58.5 Å². The van der Waals surface area contributed by atoms with Gasteiger partial charge in [-0.25, -0.2) is 4.79 Å². The van der Waals surface area contributed by atoms with Crippen LogP contribution in [-0.4, -0.2) is 140 Å². The second-order valence-corrected chi connectivity index (χ2v) is 19.5. The summed E-state index contributed by atoms with van der Waals surface area (Å²) in [5.74, 6) is -9.70. The summed E-state index contributed by atoms with van der Waals surface area (Å²) in [4.78, 5) is 131. The lowest BCUT2D eigenvalue weighted by Crippen LogP contribution is -2.61. The number of nitrogens with zero attached hydrogens (tertiary/aromatic N) is 2. The summed E-state index contributed by atoms with van der Waals surface area (Å²) in [5.41, 5.74) is 19.8. The number of nitrogens with two attached hydrogens (primary N) is 3. The molecule has 414 valence electrons. The predicted octanol–water partition coefficient (Wildman–Crippen LogP) is -0.205. The zero-order chi connectivity index (χ0) is 56.5. The van der Waals surface area contributed by atoms with Gasteiger partial charge >= 0.3 is 11.9 Å². The second-order valence-electron chi connectivity index (χ2n) is 19.5. The Morgan fingerprint density at radius 3 is 1.99 bits per heavy atom. The van der Waals surface area contributed by atoms with Gasteiger partial charge in [-0.05, 0) is 59.6 Å². The predicted molar refractivity (Wildman–Crippen MR) is 283 cm³/mol. The molecule has 24 nitrogen and oxygen atoms in total. The van der Waals surface area contributed by atoms with Crippen molar-refractivity contribution in [3.63, 3.8) is 0 Å². The lowest BCUT2D eigenvalue weighted by atomic mass is 9.95. The molecule has 1 aliphatic rings. The number of nitrogens with one attached hydrogen (secondary N) is 7. The number of H-pyrrole nitrogens is 1.